The van der Waals surface area contributed by atoms with Crippen molar-refractivity contribution in [2.24, 2.45) is 0 Å². The minimum atomic E-state index is -0.436. The molecule has 5 heteroatoms. The first-order valence-electron chi connectivity index (χ1n) is 5.11. The maximum absolute atomic E-state index is 13.1. The predicted octanol–water partition coefficient (Wildman–Crippen LogP) is 4.02. The molecule has 0 radical (unpaired) electrons. The largest absolute Gasteiger partial charge is 0.237 e. The second kappa shape index (κ2) is 4.67. The van der Waals surface area contributed by atoms with Crippen molar-refractivity contribution < 1.29 is 4.39 Å². The van der Waals surface area contributed by atoms with Gasteiger partial charge in [-0.15, -0.1) is 11.6 Å². The summed E-state index contributed by atoms with van der Waals surface area (Å²) in [4.78, 5) is 0. The maximum atomic E-state index is 13.1. The van der Waals surface area contributed by atoms with Crippen LogP contribution in [0.15, 0.2) is 18.2 Å². The lowest BCUT2D eigenvalue weighted by Gasteiger charge is -2.05. The Labute approximate surface area is 109 Å². The number of rotatable bonds is 2. The van der Waals surface area contributed by atoms with Crippen LogP contribution < -0.4 is 0 Å². The van der Waals surface area contributed by atoms with Gasteiger partial charge in [-0.3, -0.25) is 0 Å². The van der Waals surface area contributed by atoms with Gasteiger partial charge in [0.05, 0.1) is 22.3 Å². The van der Waals surface area contributed by atoms with E-state index in [0.29, 0.717) is 5.88 Å². The van der Waals surface area contributed by atoms with Gasteiger partial charge in [0.1, 0.15) is 5.82 Å². The molecule has 2 rings (SSSR count). The lowest BCUT2D eigenvalue weighted by molar-refractivity contribution is 0.627. The number of nitrogens with zero attached hydrogens (tertiary/aromatic N) is 2. The molecule has 1 aromatic carbocycles. The van der Waals surface area contributed by atoms with E-state index >= 15 is 0 Å². The molecule has 0 bridgehead atoms. The number of hydrogen-bond acceptors (Lipinski definition) is 1. The summed E-state index contributed by atoms with van der Waals surface area (Å²) in [6.45, 7) is 3.82. The normalized spacial score (nSPS) is 10.9. The van der Waals surface area contributed by atoms with Gasteiger partial charge in [-0.05, 0) is 32.0 Å². The quantitative estimate of drug-likeness (QED) is 0.755. The van der Waals surface area contributed by atoms with Crippen LogP contribution in [0.25, 0.3) is 5.69 Å². The van der Waals surface area contributed by atoms with E-state index in [1.165, 1.54) is 6.07 Å². The number of hydrogen-bond donors (Lipinski definition) is 0. The van der Waals surface area contributed by atoms with E-state index in [-0.39, 0.29) is 5.02 Å². The minimum Gasteiger partial charge on any atom is -0.237 e. The Morgan fingerprint density at radius 2 is 2.06 bits per heavy atom. The number of aryl methyl sites for hydroxylation is 1. The van der Waals surface area contributed by atoms with Gasteiger partial charge in [0.2, 0.25) is 0 Å². The van der Waals surface area contributed by atoms with Gasteiger partial charge in [0.15, 0.2) is 0 Å². The lowest BCUT2D eigenvalue weighted by atomic mass is 10.2. The van der Waals surface area contributed by atoms with Crippen LogP contribution in [0.4, 0.5) is 4.39 Å². The van der Waals surface area contributed by atoms with Crippen LogP contribution in [0.2, 0.25) is 5.02 Å². The zero-order valence-electron chi connectivity index (χ0n) is 9.47. The zero-order chi connectivity index (χ0) is 12.6. The average Bonchev–Trinajstić information content (AvgIpc) is 2.58. The van der Waals surface area contributed by atoms with Crippen LogP contribution in [-0.4, -0.2) is 9.78 Å². The van der Waals surface area contributed by atoms with E-state index in [1.807, 2.05) is 13.8 Å². The van der Waals surface area contributed by atoms with Crippen LogP contribution in [0, 0.1) is 19.7 Å². The van der Waals surface area contributed by atoms with Crippen molar-refractivity contribution >= 4 is 23.2 Å². The number of aromatic nitrogens is 2. The molecule has 1 aromatic heterocycles. The Balaban J connectivity index is 2.57. The van der Waals surface area contributed by atoms with Crippen LogP contribution in [0.5, 0.6) is 0 Å². The van der Waals surface area contributed by atoms with Gasteiger partial charge in [-0.2, -0.15) is 5.10 Å². The molecule has 0 spiro atoms. The van der Waals surface area contributed by atoms with Crippen LogP contribution >= 0.6 is 23.2 Å². The molecular formula is C12H11Cl2FN2. The van der Waals surface area contributed by atoms with Crippen molar-refractivity contribution in [2.45, 2.75) is 19.7 Å². The molecule has 0 saturated heterocycles. The lowest BCUT2D eigenvalue weighted by Crippen LogP contribution is -1.99. The third-order valence-corrected chi connectivity index (χ3v) is 3.28. The Morgan fingerprint density at radius 1 is 1.35 bits per heavy atom. The summed E-state index contributed by atoms with van der Waals surface area (Å²) in [5, 5.41) is 4.46. The SMILES string of the molecule is Cc1nn(-c2ccc(F)c(Cl)c2)c(C)c1CCl. The number of alkyl halides is 1. The molecule has 0 aliphatic carbocycles. The van der Waals surface area contributed by atoms with E-state index in [1.54, 1.807) is 16.8 Å². The minimum absolute atomic E-state index is 0.0856. The standard InChI is InChI=1S/C12H11Cl2FN2/c1-7-10(6-13)8(2)17(16-7)9-3-4-12(15)11(14)5-9/h3-5H,6H2,1-2H3. The van der Waals surface area contributed by atoms with Gasteiger partial charge < -0.3 is 0 Å². The van der Waals surface area contributed by atoms with Crippen molar-refractivity contribution in [2.75, 3.05) is 0 Å². The first kappa shape index (κ1) is 12.4. The van der Waals surface area contributed by atoms with E-state index in [0.717, 1.165) is 22.6 Å². The highest BCUT2D eigenvalue weighted by Gasteiger charge is 2.12. The zero-order valence-corrected chi connectivity index (χ0v) is 11.0. The summed E-state index contributed by atoms with van der Waals surface area (Å²) < 4.78 is 14.8. The van der Waals surface area contributed by atoms with Crippen molar-refractivity contribution in [3.8, 4) is 5.69 Å². The number of benzene rings is 1. The van der Waals surface area contributed by atoms with Crippen molar-refractivity contribution in [1.82, 2.24) is 9.78 Å². The fourth-order valence-electron chi connectivity index (χ4n) is 1.74. The summed E-state index contributed by atoms with van der Waals surface area (Å²) in [7, 11) is 0. The Hall–Kier alpha value is -1.06. The van der Waals surface area contributed by atoms with Gasteiger partial charge >= 0.3 is 0 Å². The summed E-state index contributed by atoms with van der Waals surface area (Å²) >= 11 is 11.6. The Morgan fingerprint density at radius 3 is 2.59 bits per heavy atom. The smallest absolute Gasteiger partial charge is 0.141 e. The van der Waals surface area contributed by atoms with Gasteiger partial charge in [0.25, 0.3) is 0 Å². The number of halogens is 3. The van der Waals surface area contributed by atoms with Crippen LogP contribution in [-0.2, 0) is 5.88 Å². The fraction of sp³-hybridized carbons (Fsp3) is 0.250. The van der Waals surface area contributed by atoms with Gasteiger partial charge in [-0.1, -0.05) is 11.6 Å². The molecule has 0 unspecified atom stereocenters. The van der Waals surface area contributed by atoms with Crippen LogP contribution in [0.1, 0.15) is 17.0 Å². The Kier molecular flexibility index (Phi) is 3.40. The molecule has 0 N–H and O–H groups in total. The molecule has 0 amide bonds. The second-order valence-electron chi connectivity index (χ2n) is 3.79. The predicted molar refractivity (Wildman–Crippen MR) is 67.6 cm³/mol. The highest BCUT2D eigenvalue weighted by molar-refractivity contribution is 6.30. The molecule has 2 aromatic rings. The molecule has 0 aliphatic rings. The van der Waals surface area contributed by atoms with Crippen molar-refractivity contribution in [3.63, 3.8) is 0 Å². The monoisotopic (exact) mass is 272 g/mol. The Bertz CT molecular complexity index is 564. The first-order chi connectivity index (χ1) is 8.04. The summed E-state index contributed by atoms with van der Waals surface area (Å²) in [6.07, 6.45) is 0. The molecule has 0 aliphatic heterocycles. The van der Waals surface area contributed by atoms with Crippen molar-refractivity contribution in [1.29, 1.82) is 0 Å². The molecule has 0 atom stereocenters. The molecule has 2 nitrogen and oxygen atoms in total. The highest BCUT2D eigenvalue weighted by atomic mass is 35.5. The fourth-order valence-corrected chi connectivity index (χ4v) is 2.30. The molecule has 90 valence electrons. The first-order valence-corrected chi connectivity index (χ1v) is 6.02. The summed E-state index contributed by atoms with van der Waals surface area (Å²) in [6, 6.07) is 4.52. The molecular weight excluding hydrogens is 262 g/mol. The van der Waals surface area contributed by atoms with Crippen LogP contribution in [0.3, 0.4) is 0 Å². The summed E-state index contributed by atoms with van der Waals surface area (Å²) in [5.41, 5.74) is 3.54. The highest BCUT2D eigenvalue weighted by Crippen LogP contribution is 2.23. The molecule has 0 saturated carbocycles. The van der Waals surface area contributed by atoms with E-state index in [9.17, 15) is 4.39 Å². The van der Waals surface area contributed by atoms with E-state index in [2.05, 4.69) is 5.10 Å². The van der Waals surface area contributed by atoms with Gasteiger partial charge in [0, 0.05) is 11.3 Å². The molecule has 1 heterocycles. The molecule has 0 fully saturated rings. The maximum Gasteiger partial charge on any atom is 0.141 e. The van der Waals surface area contributed by atoms with E-state index in [4.69, 9.17) is 23.2 Å². The third-order valence-electron chi connectivity index (χ3n) is 2.72. The molecule has 17 heavy (non-hydrogen) atoms. The van der Waals surface area contributed by atoms with Crippen molar-refractivity contribution in [3.05, 3.63) is 46.0 Å². The van der Waals surface area contributed by atoms with Gasteiger partial charge in [-0.25, -0.2) is 9.07 Å². The second-order valence-corrected chi connectivity index (χ2v) is 4.47. The topological polar surface area (TPSA) is 17.8 Å². The van der Waals surface area contributed by atoms with E-state index < -0.39 is 5.82 Å². The average molecular weight is 273 g/mol. The summed E-state index contributed by atoms with van der Waals surface area (Å²) in [5.74, 6) is -0.0263. The third kappa shape index (κ3) is 2.17.